The van der Waals surface area contributed by atoms with Crippen LogP contribution in [-0.4, -0.2) is 44.4 Å². The first-order valence-corrected chi connectivity index (χ1v) is 12.2. The number of amides is 1. The van der Waals surface area contributed by atoms with E-state index in [1.165, 1.54) is 36.4 Å². The number of anilines is 1. The molecule has 0 fully saturated rings. The van der Waals surface area contributed by atoms with Crippen molar-refractivity contribution >= 4 is 31.6 Å². The zero-order valence-electron chi connectivity index (χ0n) is 16.4. The van der Waals surface area contributed by atoms with Gasteiger partial charge in [0.15, 0.2) is 19.7 Å². The average molecular weight is 450 g/mol. The van der Waals surface area contributed by atoms with Gasteiger partial charge in [0.2, 0.25) is 5.89 Å². The lowest BCUT2D eigenvalue weighted by molar-refractivity contribution is 0.102. The normalized spacial score (nSPS) is 12.1. The fraction of sp³-hybridized carbons (Fsp3) is 0.211. The van der Waals surface area contributed by atoms with Gasteiger partial charge in [0, 0.05) is 17.4 Å². The van der Waals surface area contributed by atoms with Gasteiger partial charge in [-0.2, -0.15) is 0 Å². The van der Waals surface area contributed by atoms with Crippen molar-refractivity contribution in [3.05, 3.63) is 54.1 Å². The first-order chi connectivity index (χ1) is 14.0. The summed E-state index contributed by atoms with van der Waals surface area (Å²) in [5.41, 5.74) is 0.589. The van der Waals surface area contributed by atoms with E-state index in [0.29, 0.717) is 5.56 Å². The molecule has 0 saturated heterocycles. The smallest absolute Gasteiger partial charge is 0.322 e. The Bertz CT molecular complexity index is 1290. The molecule has 0 saturated carbocycles. The lowest BCUT2D eigenvalue weighted by Crippen LogP contribution is -2.15. The summed E-state index contributed by atoms with van der Waals surface area (Å²) in [6.07, 6.45) is 1.09. The molecular weight excluding hydrogens is 430 g/mol. The highest BCUT2D eigenvalue weighted by Crippen LogP contribution is 2.23. The summed E-state index contributed by atoms with van der Waals surface area (Å²) in [6, 6.07) is 11.3. The number of benzene rings is 2. The Morgan fingerprint density at radius 2 is 1.63 bits per heavy atom. The predicted octanol–water partition coefficient (Wildman–Crippen LogP) is 2.57. The number of hydrogen-bond acceptors (Lipinski definition) is 8. The summed E-state index contributed by atoms with van der Waals surface area (Å²) in [4.78, 5) is 12.6. The van der Waals surface area contributed by atoms with Crippen molar-refractivity contribution in [2.45, 2.75) is 28.9 Å². The molecule has 0 aliphatic rings. The minimum absolute atomic E-state index is 0.0363. The first kappa shape index (κ1) is 21.7. The third-order valence-electron chi connectivity index (χ3n) is 4.22. The van der Waals surface area contributed by atoms with Crippen LogP contribution in [0.4, 0.5) is 6.01 Å². The fourth-order valence-electron chi connectivity index (χ4n) is 2.49. The molecule has 0 unspecified atom stereocenters. The predicted molar refractivity (Wildman–Crippen MR) is 110 cm³/mol. The van der Waals surface area contributed by atoms with Gasteiger partial charge >= 0.3 is 6.01 Å². The van der Waals surface area contributed by atoms with E-state index >= 15 is 0 Å². The Balaban J connectivity index is 1.77. The molecule has 9 nitrogen and oxygen atoms in total. The maximum atomic E-state index is 12.4. The Kier molecular flexibility index (Phi) is 5.77. The lowest BCUT2D eigenvalue weighted by Gasteiger charge is -2.08. The van der Waals surface area contributed by atoms with Gasteiger partial charge in [-0.05, 0) is 56.3 Å². The number of nitrogens with one attached hydrogen (secondary N) is 1. The van der Waals surface area contributed by atoms with Crippen molar-refractivity contribution in [1.82, 2.24) is 10.2 Å². The van der Waals surface area contributed by atoms with E-state index in [4.69, 9.17) is 4.42 Å². The number of carbonyl (C=O) groups is 1. The van der Waals surface area contributed by atoms with Crippen molar-refractivity contribution in [2.75, 3.05) is 11.6 Å². The molecule has 0 spiro atoms. The Morgan fingerprint density at radius 1 is 0.967 bits per heavy atom. The molecule has 1 amide bonds. The van der Waals surface area contributed by atoms with Crippen LogP contribution in [0.15, 0.2) is 62.7 Å². The second-order valence-electron chi connectivity index (χ2n) is 6.78. The molecule has 0 bridgehead atoms. The number of aromatic nitrogens is 2. The van der Waals surface area contributed by atoms with Crippen LogP contribution in [0.25, 0.3) is 11.5 Å². The van der Waals surface area contributed by atoms with E-state index in [1.54, 1.807) is 26.0 Å². The van der Waals surface area contributed by atoms with Gasteiger partial charge in [0.1, 0.15) is 0 Å². The highest BCUT2D eigenvalue weighted by Gasteiger charge is 2.20. The van der Waals surface area contributed by atoms with Crippen LogP contribution in [0, 0.1) is 0 Å². The Morgan fingerprint density at radius 3 is 2.23 bits per heavy atom. The van der Waals surface area contributed by atoms with Gasteiger partial charge < -0.3 is 4.42 Å². The third kappa shape index (κ3) is 4.57. The van der Waals surface area contributed by atoms with Gasteiger partial charge in [0.05, 0.1) is 15.0 Å². The first-order valence-electron chi connectivity index (χ1n) is 8.78. The molecule has 11 heteroatoms. The van der Waals surface area contributed by atoms with Crippen LogP contribution in [0.2, 0.25) is 0 Å². The van der Waals surface area contributed by atoms with E-state index in [-0.39, 0.29) is 27.3 Å². The van der Waals surface area contributed by atoms with Crippen LogP contribution in [0.5, 0.6) is 0 Å². The largest absolute Gasteiger partial charge is 0.403 e. The second kappa shape index (κ2) is 8.00. The van der Waals surface area contributed by atoms with Gasteiger partial charge in [-0.1, -0.05) is 11.2 Å². The van der Waals surface area contributed by atoms with Gasteiger partial charge in [0.25, 0.3) is 5.91 Å². The summed E-state index contributed by atoms with van der Waals surface area (Å²) >= 11 is 0. The molecule has 2 aromatic carbocycles. The number of hydrogen-bond donors (Lipinski definition) is 1. The molecule has 1 heterocycles. The number of nitrogens with zero attached hydrogens (tertiary/aromatic N) is 2. The highest BCUT2D eigenvalue weighted by atomic mass is 32.2. The van der Waals surface area contributed by atoms with E-state index in [1.807, 2.05) is 0 Å². The summed E-state index contributed by atoms with van der Waals surface area (Å²) < 4.78 is 53.1. The third-order valence-corrected chi connectivity index (χ3v) is 7.50. The van der Waals surface area contributed by atoms with E-state index in [0.717, 1.165) is 6.26 Å². The van der Waals surface area contributed by atoms with Crippen LogP contribution in [0.1, 0.15) is 24.2 Å². The highest BCUT2D eigenvalue weighted by molar-refractivity contribution is 7.92. The zero-order valence-corrected chi connectivity index (χ0v) is 18.0. The minimum Gasteiger partial charge on any atom is -0.403 e. The number of carbonyl (C=O) groups excluding carboxylic acids is 1. The zero-order chi connectivity index (χ0) is 22.1. The molecule has 0 radical (unpaired) electrons. The quantitative estimate of drug-likeness (QED) is 0.606. The van der Waals surface area contributed by atoms with Crippen molar-refractivity contribution in [2.24, 2.45) is 0 Å². The van der Waals surface area contributed by atoms with Gasteiger partial charge in [-0.25, -0.2) is 16.8 Å². The standard InChI is InChI=1S/C19H19N3O6S2/c1-12(2)30(26,27)15-9-7-13(8-10-15)17(23)20-19-22-21-18(28-19)14-5-4-6-16(11-14)29(3,24)25/h4-12H,1-3H3,(H,20,22,23). The maximum Gasteiger partial charge on any atom is 0.322 e. The van der Waals surface area contributed by atoms with E-state index in [2.05, 4.69) is 15.5 Å². The molecule has 0 aliphatic heterocycles. The molecule has 3 rings (SSSR count). The summed E-state index contributed by atoms with van der Waals surface area (Å²) in [5.74, 6) is -0.530. The summed E-state index contributed by atoms with van der Waals surface area (Å²) in [6.45, 7) is 3.16. The van der Waals surface area contributed by atoms with Crippen molar-refractivity contribution in [3.8, 4) is 11.5 Å². The van der Waals surface area contributed by atoms with Crippen molar-refractivity contribution in [1.29, 1.82) is 0 Å². The lowest BCUT2D eigenvalue weighted by atomic mass is 10.2. The number of rotatable bonds is 6. The SMILES string of the molecule is CC(C)S(=O)(=O)c1ccc(C(=O)Nc2nnc(-c3cccc(S(C)(=O)=O)c3)o2)cc1. The van der Waals surface area contributed by atoms with Crippen molar-refractivity contribution < 1.29 is 26.0 Å². The van der Waals surface area contributed by atoms with Crippen LogP contribution in [-0.2, 0) is 19.7 Å². The van der Waals surface area contributed by atoms with E-state index < -0.39 is 30.8 Å². The van der Waals surface area contributed by atoms with Crippen LogP contribution < -0.4 is 5.32 Å². The summed E-state index contributed by atoms with van der Waals surface area (Å²) in [7, 11) is -6.84. The Hall–Kier alpha value is -3.05. The maximum absolute atomic E-state index is 12.4. The number of sulfone groups is 2. The molecular formula is C19H19N3O6S2. The second-order valence-corrected chi connectivity index (χ2v) is 11.3. The van der Waals surface area contributed by atoms with Gasteiger partial charge in [-0.15, -0.1) is 5.10 Å². The average Bonchev–Trinajstić information content (AvgIpc) is 3.16. The fourth-order valence-corrected chi connectivity index (χ4v) is 4.21. The van der Waals surface area contributed by atoms with Crippen molar-refractivity contribution in [3.63, 3.8) is 0 Å². The minimum atomic E-state index is -3.44. The molecule has 3 aromatic rings. The van der Waals surface area contributed by atoms with Crippen LogP contribution in [0.3, 0.4) is 0 Å². The topological polar surface area (TPSA) is 136 Å². The molecule has 30 heavy (non-hydrogen) atoms. The molecule has 158 valence electrons. The molecule has 0 aliphatic carbocycles. The van der Waals surface area contributed by atoms with E-state index in [9.17, 15) is 21.6 Å². The summed E-state index contributed by atoms with van der Waals surface area (Å²) in [5, 5.41) is 9.41. The van der Waals surface area contributed by atoms with Gasteiger partial charge in [-0.3, -0.25) is 10.1 Å². The Labute approximate surface area is 174 Å². The molecule has 1 aromatic heterocycles. The van der Waals surface area contributed by atoms with Crippen LogP contribution >= 0.6 is 0 Å². The molecule has 1 N–H and O–H groups in total. The monoisotopic (exact) mass is 449 g/mol. The molecule has 0 atom stereocenters.